The molecule has 0 heterocycles. The fourth-order valence-electron chi connectivity index (χ4n) is 2.08. The molecule has 0 aromatic heterocycles. The summed E-state index contributed by atoms with van der Waals surface area (Å²) in [5, 5.41) is 0. The summed E-state index contributed by atoms with van der Waals surface area (Å²) in [5.41, 5.74) is 0.485. The van der Waals surface area contributed by atoms with Gasteiger partial charge in [0, 0.05) is 0 Å². The Morgan fingerprint density at radius 1 is 0.786 bits per heavy atom. The Labute approximate surface area is 91.5 Å². The molecule has 0 nitrogen and oxygen atoms in total. The van der Waals surface area contributed by atoms with Gasteiger partial charge in [0.05, 0.1) is 0 Å². The van der Waals surface area contributed by atoms with Crippen molar-refractivity contribution in [1.29, 1.82) is 0 Å². The summed E-state index contributed by atoms with van der Waals surface area (Å²) in [6, 6.07) is 0. The normalized spacial score (nSPS) is 13.7. The summed E-state index contributed by atoms with van der Waals surface area (Å²) in [5.74, 6) is 3.27. The van der Waals surface area contributed by atoms with E-state index in [1.807, 2.05) is 0 Å². The molecule has 0 saturated carbocycles. The summed E-state index contributed by atoms with van der Waals surface area (Å²) in [6.07, 6.45) is 1.36. The van der Waals surface area contributed by atoms with Gasteiger partial charge < -0.3 is 0 Å². The highest BCUT2D eigenvalue weighted by atomic mass is 14.3. The average Bonchev–Trinajstić information content (AvgIpc) is 1.98. The SMILES string of the molecule is CC(C)C(CC(C)(C)C(C)C)C(C)C. The minimum atomic E-state index is 0.485. The Balaban J connectivity index is 4.44. The Hall–Kier alpha value is 0. The van der Waals surface area contributed by atoms with Crippen molar-refractivity contribution >= 4 is 0 Å². The monoisotopic (exact) mass is 198 g/mol. The van der Waals surface area contributed by atoms with E-state index >= 15 is 0 Å². The van der Waals surface area contributed by atoms with Gasteiger partial charge in [0.25, 0.3) is 0 Å². The van der Waals surface area contributed by atoms with Gasteiger partial charge in [-0.3, -0.25) is 0 Å². The number of hydrogen-bond acceptors (Lipinski definition) is 0. The summed E-state index contributed by atoms with van der Waals surface area (Å²) >= 11 is 0. The topological polar surface area (TPSA) is 0 Å². The molecule has 14 heavy (non-hydrogen) atoms. The zero-order valence-electron chi connectivity index (χ0n) is 11.5. The highest BCUT2D eigenvalue weighted by Crippen LogP contribution is 2.38. The first-order chi connectivity index (χ1) is 6.18. The second kappa shape index (κ2) is 5.19. The third-order valence-electron chi connectivity index (χ3n) is 4.04. The Bertz CT molecular complexity index is 143. The van der Waals surface area contributed by atoms with E-state index in [1.54, 1.807) is 0 Å². The lowest BCUT2D eigenvalue weighted by Gasteiger charge is -2.37. The van der Waals surface area contributed by atoms with Crippen molar-refractivity contribution in [3.63, 3.8) is 0 Å². The molecule has 0 heteroatoms. The third kappa shape index (κ3) is 4.02. The fourth-order valence-corrected chi connectivity index (χ4v) is 2.08. The third-order valence-corrected chi connectivity index (χ3v) is 4.04. The van der Waals surface area contributed by atoms with Crippen molar-refractivity contribution in [1.82, 2.24) is 0 Å². The lowest BCUT2D eigenvalue weighted by molar-refractivity contribution is 0.133. The molecule has 0 spiro atoms. The maximum Gasteiger partial charge on any atom is -0.0328 e. The van der Waals surface area contributed by atoms with E-state index in [9.17, 15) is 0 Å². The Kier molecular flexibility index (Phi) is 5.19. The lowest BCUT2D eigenvalue weighted by Crippen LogP contribution is -2.28. The van der Waals surface area contributed by atoms with Crippen molar-refractivity contribution in [2.24, 2.45) is 29.1 Å². The van der Waals surface area contributed by atoms with Gasteiger partial charge in [-0.1, -0.05) is 55.4 Å². The molecule has 0 fully saturated rings. The van der Waals surface area contributed by atoms with Gasteiger partial charge in [-0.25, -0.2) is 0 Å². The molecule has 0 aliphatic rings. The van der Waals surface area contributed by atoms with Gasteiger partial charge in [-0.05, 0) is 35.5 Å². The first-order valence-electron chi connectivity index (χ1n) is 6.18. The molecule has 0 aromatic carbocycles. The van der Waals surface area contributed by atoms with Crippen LogP contribution in [0.3, 0.4) is 0 Å². The van der Waals surface area contributed by atoms with Crippen molar-refractivity contribution in [3.05, 3.63) is 0 Å². The summed E-state index contributed by atoms with van der Waals surface area (Å²) in [6.45, 7) is 19.0. The standard InChI is InChI=1S/C14H30/c1-10(2)13(11(3)4)9-14(7,8)12(5)6/h10-13H,9H2,1-8H3. The molecule has 0 saturated heterocycles. The van der Waals surface area contributed by atoms with E-state index < -0.39 is 0 Å². The van der Waals surface area contributed by atoms with Crippen LogP contribution in [0.5, 0.6) is 0 Å². The highest BCUT2D eigenvalue weighted by Gasteiger charge is 2.29. The van der Waals surface area contributed by atoms with Crippen LogP contribution in [-0.2, 0) is 0 Å². The van der Waals surface area contributed by atoms with Crippen LogP contribution in [0.15, 0.2) is 0 Å². The zero-order chi connectivity index (χ0) is 11.5. The van der Waals surface area contributed by atoms with Gasteiger partial charge >= 0.3 is 0 Å². The average molecular weight is 198 g/mol. The molecule has 0 unspecified atom stereocenters. The fraction of sp³-hybridized carbons (Fsp3) is 1.00. The van der Waals surface area contributed by atoms with Crippen molar-refractivity contribution < 1.29 is 0 Å². The molecule has 0 amide bonds. The van der Waals surface area contributed by atoms with E-state index in [0.29, 0.717) is 5.41 Å². The molecule has 0 aliphatic carbocycles. The molecule has 0 aliphatic heterocycles. The van der Waals surface area contributed by atoms with E-state index in [4.69, 9.17) is 0 Å². The van der Waals surface area contributed by atoms with E-state index in [2.05, 4.69) is 55.4 Å². The largest absolute Gasteiger partial charge is 0.0625 e. The van der Waals surface area contributed by atoms with Gasteiger partial charge in [-0.15, -0.1) is 0 Å². The molecule has 0 radical (unpaired) electrons. The molecule has 0 rings (SSSR count). The van der Waals surface area contributed by atoms with Crippen LogP contribution in [0.2, 0.25) is 0 Å². The summed E-state index contributed by atoms with van der Waals surface area (Å²) < 4.78 is 0. The molecular formula is C14H30. The molecule has 0 N–H and O–H groups in total. The van der Waals surface area contributed by atoms with Crippen LogP contribution in [0, 0.1) is 29.1 Å². The first kappa shape index (κ1) is 14.0. The highest BCUT2D eigenvalue weighted by molar-refractivity contribution is 4.79. The summed E-state index contributed by atoms with van der Waals surface area (Å²) in [7, 11) is 0. The van der Waals surface area contributed by atoms with Crippen molar-refractivity contribution in [2.45, 2.75) is 61.8 Å². The molecule has 0 aromatic rings. The van der Waals surface area contributed by atoms with Crippen LogP contribution in [0.25, 0.3) is 0 Å². The van der Waals surface area contributed by atoms with E-state index in [-0.39, 0.29) is 0 Å². The van der Waals surface area contributed by atoms with Gasteiger partial charge in [-0.2, -0.15) is 0 Å². The van der Waals surface area contributed by atoms with Gasteiger partial charge in [0.15, 0.2) is 0 Å². The van der Waals surface area contributed by atoms with Crippen LogP contribution in [0.4, 0.5) is 0 Å². The minimum Gasteiger partial charge on any atom is -0.0625 e. The van der Waals surface area contributed by atoms with E-state index in [0.717, 1.165) is 23.7 Å². The lowest BCUT2D eigenvalue weighted by atomic mass is 9.69. The Morgan fingerprint density at radius 2 is 1.14 bits per heavy atom. The number of rotatable bonds is 5. The second-order valence-electron chi connectivity index (χ2n) is 6.50. The molecule has 86 valence electrons. The summed E-state index contributed by atoms with van der Waals surface area (Å²) in [4.78, 5) is 0. The Morgan fingerprint density at radius 3 is 1.36 bits per heavy atom. The van der Waals surface area contributed by atoms with Crippen LogP contribution in [0.1, 0.15) is 61.8 Å². The molecule has 0 atom stereocenters. The molecule has 0 bridgehead atoms. The quantitative estimate of drug-likeness (QED) is 0.584. The smallest absolute Gasteiger partial charge is 0.0328 e. The van der Waals surface area contributed by atoms with Crippen LogP contribution < -0.4 is 0 Å². The van der Waals surface area contributed by atoms with Gasteiger partial charge in [0.1, 0.15) is 0 Å². The predicted molar refractivity (Wildman–Crippen MR) is 66.4 cm³/mol. The maximum atomic E-state index is 2.41. The van der Waals surface area contributed by atoms with Gasteiger partial charge in [0.2, 0.25) is 0 Å². The zero-order valence-corrected chi connectivity index (χ0v) is 11.5. The van der Waals surface area contributed by atoms with E-state index in [1.165, 1.54) is 6.42 Å². The predicted octanol–water partition coefficient (Wildman–Crippen LogP) is 4.99. The van der Waals surface area contributed by atoms with Crippen molar-refractivity contribution in [3.8, 4) is 0 Å². The first-order valence-corrected chi connectivity index (χ1v) is 6.18. The number of hydrogen-bond donors (Lipinski definition) is 0. The van der Waals surface area contributed by atoms with Crippen LogP contribution >= 0.6 is 0 Å². The second-order valence-corrected chi connectivity index (χ2v) is 6.50. The minimum absolute atomic E-state index is 0.485. The van der Waals surface area contributed by atoms with Crippen LogP contribution in [-0.4, -0.2) is 0 Å². The maximum absolute atomic E-state index is 2.41. The molecular weight excluding hydrogens is 168 g/mol. The van der Waals surface area contributed by atoms with Crippen molar-refractivity contribution in [2.75, 3.05) is 0 Å².